The lowest BCUT2D eigenvalue weighted by molar-refractivity contribution is -0.297. The van der Waals surface area contributed by atoms with Gasteiger partial charge in [0.15, 0.2) is 0 Å². The second-order valence-corrected chi connectivity index (χ2v) is 17.9. The summed E-state index contributed by atoms with van der Waals surface area (Å²) in [5, 5.41) is 74.7. The molecule has 262 valence electrons. The van der Waals surface area contributed by atoms with Crippen LogP contribution < -0.4 is 0 Å². The van der Waals surface area contributed by atoms with Crippen molar-refractivity contribution >= 4 is 5.97 Å². The third kappa shape index (κ3) is 4.60. The van der Waals surface area contributed by atoms with E-state index in [2.05, 4.69) is 47.6 Å². The van der Waals surface area contributed by atoms with Crippen LogP contribution in [0.25, 0.3) is 0 Å². The summed E-state index contributed by atoms with van der Waals surface area (Å²) in [7, 11) is 0. The van der Waals surface area contributed by atoms with Gasteiger partial charge in [-0.1, -0.05) is 53.2 Å². The molecule has 4 saturated carbocycles. The first-order valence-electron chi connectivity index (χ1n) is 17.5. The number of esters is 1. The van der Waals surface area contributed by atoms with Gasteiger partial charge >= 0.3 is 5.97 Å². The molecule has 6 aliphatic rings. The van der Waals surface area contributed by atoms with Crippen molar-refractivity contribution in [3.05, 3.63) is 11.6 Å². The summed E-state index contributed by atoms with van der Waals surface area (Å²) in [4.78, 5) is 14.4. The number of allylic oxidation sites excluding steroid dienone is 1. The van der Waals surface area contributed by atoms with E-state index >= 15 is 0 Å². The number of aliphatic hydroxyl groups is 7. The lowest BCUT2D eigenvalue weighted by atomic mass is 9.33. The zero-order valence-corrected chi connectivity index (χ0v) is 28.5. The topological polar surface area (TPSA) is 177 Å². The highest BCUT2D eigenvalue weighted by Gasteiger charge is 2.71. The van der Waals surface area contributed by atoms with Crippen LogP contribution >= 0.6 is 0 Å². The highest BCUT2D eigenvalue weighted by molar-refractivity contribution is 5.79. The van der Waals surface area contributed by atoms with Gasteiger partial charge in [0, 0.05) is 5.41 Å². The molecule has 0 amide bonds. The summed E-state index contributed by atoms with van der Waals surface area (Å²) >= 11 is 0. The Morgan fingerprint density at radius 1 is 0.870 bits per heavy atom. The quantitative estimate of drug-likeness (QED) is 0.177. The minimum atomic E-state index is -1.67. The van der Waals surface area contributed by atoms with E-state index in [1.54, 1.807) is 0 Å². The Balaban J connectivity index is 1.38. The molecule has 0 spiro atoms. The summed E-state index contributed by atoms with van der Waals surface area (Å²) in [6, 6.07) is 0. The maximum atomic E-state index is 14.4. The molecule has 14 atom stereocenters. The Morgan fingerprint density at radius 3 is 2.20 bits per heavy atom. The molecule has 14 unspecified atom stereocenters. The molecule has 6 rings (SSSR count). The summed E-state index contributed by atoms with van der Waals surface area (Å²) in [6.45, 7) is 12.5. The van der Waals surface area contributed by atoms with Gasteiger partial charge in [0.05, 0.1) is 30.8 Å². The van der Waals surface area contributed by atoms with Crippen LogP contribution in [-0.4, -0.2) is 97.8 Å². The van der Waals surface area contributed by atoms with Crippen molar-refractivity contribution in [2.75, 3.05) is 13.2 Å². The van der Waals surface area contributed by atoms with Gasteiger partial charge in [-0.05, 0) is 97.2 Å². The van der Waals surface area contributed by atoms with Gasteiger partial charge < -0.3 is 45.2 Å². The SMILES string of the molecule is CC1(C)CCC2(C(=O)OC3OC(CO)C(O)C(O)C3O)CCC3(CO)C(=CCC4C5(C)CC(O)C(O)C(C)(C)C5CCC43C)C2C1. The monoisotopic (exact) mass is 650 g/mol. The average molecular weight is 651 g/mol. The van der Waals surface area contributed by atoms with Crippen molar-refractivity contribution in [1.29, 1.82) is 0 Å². The second kappa shape index (κ2) is 11.2. The normalized spacial score (nSPS) is 52.7. The molecule has 1 heterocycles. The Morgan fingerprint density at radius 2 is 1.54 bits per heavy atom. The Kier molecular flexibility index (Phi) is 8.46. The van der Waals surface area contributed by atoms with Gasteiger partial charge in [-0.2, -0.15) is 0 Å². The zero-order valence-electron chi connectivity index (χ0n) is 28.5. The molecule has 1 aliphatic heterocycles. The largest absolute Gasteiger partial charge is 0.432 e. The molecule has 1 saturated heterocycles. The van der Waals surface area contributed by atoms with Crippen molar-refractivity contribution in [1.82, 2.24) is 0 Å². The number of carbonyl (C=O) groups is 1. The molecule has 5 fully saturated rings. The molecule has 10 heteroatoms. The molecule has 46 heavy (non-hydrogen) atoms. The van der Waals surface area contributed by atoms with Crippen molar-refractivity contribution in [3.8, 4) is 0 Å². The first-order valence-corrected chi connectivity index (χ1v) is 17.5. The van der Waals surface area contributed by atoms with Crippen LogP contribution in [0.3, 0.4) is 0 Å². The molecule has 0 aromatic heterocycles. The smallest absolute Gasteiger partial charge is 0.315 e. The van der Waals surface area contributed by atoms with Gasteiger partial charge in [0.25, 0.3) is 0 Å². The summed E-state index contributed by atoms with van der Waals surface area (Å²) in [5.41, 5.74) is -1.43. The van der Waals surface area contributed by atoms with Crippen molar-refractivity contribution < 1.29 is 50.0 Å². The first-order chi connectivity index (χ1) is 21.3. The van der Waals surface area contributed by atoms with E-state index in [1.807, 2.05) is 0 Å². The van der Waals surface area contributed by atoms with Gasteiger partial charge in [-0.25, -0.2) is 0 Å². The predicted octanol–water partition coefficient (Wildman–Crippen LogP) is 2.44. The molecule has 0 aromatic rings. The summed E-state index contributed by atoms with van der Waals surface area (Å²) < 4.78 is 11.5. The number of fused-ring (bicyclic) bond motifs is 7. The fourth-order valence-corrected chi connectivity index (χ4v) is 12.3. The molecule has 0 aromatic carbocycles. The van der Waals surface area contributed by atoms with Crippen LogP contribution in [0.1, 0.15) is 99.3 Å². The third-order valence-corrected chi connectivity index (χ3v) is 15.0. The molecule has 0 bridgehead atoms. The van der Waals surface area contributed by atoms with Crippen LogP contribution in [0.15, 0.2) is 11.6 Å². The van der Waals surface area contributed by atoms with E-state index in [-0.39, 0.29) is 40.6 Å². The number of ether oxygens (including phenoxy) is 2. The second-order valence-electron chi connectivity index (χ2n) is 17.9. The molecule has 7 N–H and O–H groups in total. The van der Waals surface area contributed by atoms with E-state index in [1.165, 1.54) is 0 Å². The number of aliphatic hydroxyl groups excluding tert-OH is 7. The highest BCUT2D eigenvalue weighted by atomic mass is 16.7. The molecular weight excluding hydrogens is 592 g/mol. The number of hydrogen-bond donors (Lipinski definition) is 7. The lowest BCUT2D eigenvalue weighted by Crippen LogP contribution is -2.68. The molecular formula is C36H58O10. The maximum absolute atomic E-state index is 14.4. The van der Waals surface area contributed by atoms with Crippen LogP contribution in [0.4, 0.5) is 0 Å². The van der Waals surface area contributed by atoms with E-state index < -0.39 is 71.7 Å². The van der Waals surface area contributed by atoms with Gasteiger partial charge in [-0.3, -0.25) is 4.79 Å². The van der Waals surface area contributed by atoms with Gasteiger partial charge in [0.2, 0.25) is 6.29 Å². The standard InChI is InChI=1S/C36H58O10/c1-31(2)11-12-35(30(44)46-29-27(42)26(41)25(40)22(17-37)45-29)13-14-36(18-38)19(20(35)15-31)7-8-24-33(5)16-21(39)28(43)32(3,4)23(33)9-10-34(24,36)6/h7,20-29,37-43H,8-18H2,1-6H3. The minimum Gasteiger partial charge on any atom is -0.432 e. The Hall–Kier alpha value is -1.11. The average Bonchev–Trinajstić information content (AvgIpc) is 2.99. The molecule has 0 radical (unpaired) electrons. The third-order valence-electron chi connectivity index (χ3n) is 15.0. The first kappa shape index (κ1) is 34.7. The molecule has 5 aliphatic carbocycles. The number of carbonyl (C=O) groups excluding carboxylic acids is 1. The van der Waals surface area contributed by atoms with Crippen molar-refractivity contribution in [2.45, 2.75) is 142 Å². The number of rotatable bonds is 4. The van der Waals surface area contributed by atoms with Crippen molar-refractivity contribution in [3.63, 3.8) is 0 Å². The fraction of sp³-hybridized carbons (Fsp3) is 0.917. The number of hydrogen-bond acceptors (Lipinski definition) is 10. The van der Waals surface area contributed by atoms with E-state index in [4.69, 9.17) is 9.47 Å². The van der Waals surface area contributed by atoms with Crippen LogP contribution in [0, 0.1) is 50.2 Å². The van der Waals surface area contributed by atoms with Crippen LogP contribution in [-0.2, 0) is 14.3 Å². The lowest BCUT2D eigenvalue weighted by Gasteiger charge is -2.71. The van der Waals surface area contributed by atoms with Crippen LogP contribution in [0.2, 0.25) is 0 Å². The van der Waals surface area contributed by atoms with Crippen LogP contribution in [0.5, 0.6) is 0 Å². The minimum absolute atomic E-state index is 0.0457. The van der Waals surface area contributed by atoms with E-state index in [9.17, 15) is 40.5 Å². The highest BCUT2D eigenvalue weighted by Crippen LogP contribution is 2.75. The molecule has 10 nitrogen and oxygen atoms in total. The van der Waals surface area contributed by atoms with Crippen molar-refractivity contribution in [2.24, 2.45) is 50.2 Å². The van der Waals surface area contributed by atoms with Gasteiger partial charge in [0.1, 0.15) is 24.4 Å². The Bertz CT molecular complexity index is 1230. The Labute approximate surface area is 273 Å². The fourth-order valence-electron chi connectivity index (χ4n) is 12.3. The predicted molar refractivity (Wildman–Crippen MR) is 168 cm³/mol. The summed E-state index contributed by atoms with van der Waals surface area (Å²) in [6.07, 6.45) is -0.704. The van der Waals surface area contributed by atoms with E-state index in [0.717, 1.165) is 37.7 Å². The van der Waals surface area contributed by atoms with E-state index in [0.29, 0.717) is 25.7 Å². The maximum Gasteiger partial charge on any atom is 0.315 e. The zero-order chi connectivity index (χ0) is 33.8. The summed E-state index contributed by atoms with van der Waals surface area (Å²) in [5.74, 6) is -0.347. The van der Waals surface area contributed by atoms with Gasteiger partial charge in [-0.15, -0.1) is 0 Å².